The molecule has 0 radical (unpaired) electrons. The summed E-state index contributed by atoms with van der Waals surface area (Å²) in [6.45, 7) is 2.82. The predicted octanol–water partition coefficient (Wildman–Crippen LogP) is 2.97. The maximum Gasteiger partial charge on any atom is 0.257 e. The number of nitrogens with zero attached hydrogens (tertiary/aromatic N) is 3. The number of sulfonamides is 1. The van der Waals surface area contributed by atoms with E-state index in [2.05, 4.69) is 15.5 Å². The minimum absolute atomic E-state index is 0.00831. The van der Waals surface area contributed by atoms with Crippen LogP contribution in [0.25, 0.3) is 11.4 Å². The number of carbonyl (C=O) groups is 1. The van der Waals surface area contributed by atoms with Gasteiger partial charge in [0.15, 0.2) is 0 Å². The molecule has 31 heavy (non-hydrogen) atoms. The zero-order valence-corrected chi connectivity index (χ0v) is 18.1. The Hall–Kier alpha value is -2.79. The lowest BCUT2D eigenvalue weighted by atomic mass is 10.1. The minimum atomic E-state index is -3.77. The van der Waals surface area contributed by atoms with Gasteiger partial charge in [-0.3, -0.25) is 4.79 Å². The lowest BCUT2D eigenvalue weighted by Crippen LogP contribution is -2.40. The van der Waals surface area contributed by atoms with Crippen LogP contribution < -0.4 is 5.32 Å². The molecule has 162 valence electrons. The zero-order valence-electron chi connectivity index (χ0n) is 16.5. The van der Waals surface area contributed by atoms with E-state index in [9.17, 15) is 13.2 Å². The summed E-state index contributed by atoms with van der Waals surface area (Å²) in [5.74, 6) is 0.153. The number of carbonyl (C=O) groups excluding carboxylic acids is 1. The Morgan fingerprint density at radius 3 is 2.61 bits per heavy atom. The molecule has 2 heterocycles. The van der Waals surface area contributed by atoms with Gasteiger partial charge in [-0.2, -0.15) is 9.29 Å². The second-order valence-electron chi connectivity index (χ2n) is 6.79. The minimum Gasteiger partial charge on any atom is -0.379 e. The van der Waals surface area contributed by atoms with Crippen molar-refractivity contribution in [1.82, 2.24) is 14.4 Å². The van der Waals surface area contributed by atoms with Crippen LogP contribution in [0.4, 0.5) is 5.69 Å². The van der Waals surface area contributed by atoms with Gasteiger partial charge in [-0.05, 0) is 30.3 Å². The molecule has 2 aromatic carbocycles. The van der Waals surface area contributed by atoms with Gasteiger partial charge < -0.3 is 14.6 Å². The third kappa shape index (κ3) is 4.47. The molecule has 1 aromatic heterocycles. The third-order valence-electron chi connectivity index (χ3n) is 4.73. The number of hydrogen-bond acceptors (Lipinski definition) is 7. The predicted molar refractivity (Wildman–Crippen MR) is 113 cm³/mol. The van der Waals surface area contributed by atoms with Crippen molar-refractivity contribution >= 4 is 33.2 Å². The van der Waals surface area contributed by atoms with E-state index in [-0.39, 0.29) is 28.6 Å². The Balaban J connectivity index is 1.64. The molecule has 1 aliphatic heterocycles. The van der Waals surface area contributed by atoms with Gasteiger partial charge in [-0.25, -0.2) is 8.42 Å². The molecule has 1 N–H and O–H groups in total. The fraction of sp³-hybridized carbons (Fsp3) is 0.250. The van der Waals surface area contributed by atoms with Crippen molar-refractivity contribution in [3.05, 3.63) is 58.9 Å². The maximum atomic E-state index is 13.0. The maximum absolute atomic E-state index is 13.0. The highest BCUT2D eigenvalue weighted by Crippen LogP contribution is 2.28. The third-order valence-corrected chi connectivity index (χ3v) is 6.96. The number of para-hydroxylation sites is 1. The van der Waals surface area contributed by atoms with E-state index in [1.165, 1.54) is 22.5 Å². The van der Waals surface area contributed by atoms with E-state index in [1.807, 2.05) is 0 Å². The Morgan fingerprint density at radius 2 is 1.90 bits per heavy atom. The van der Waals surface area contributed by atoms with Crippen LogP contribution in [-0.4, -0.2) is 55.1 Å². The van der Waals surface area contributed by atoms with Gasteiger partial charge in [0, 0.05) is 25.6 Å². The lowest BCUT2D eigenvalue weighted by Gasteiger charge is -2.26. The number of hydrogen-bond donors (Lipinski definition) is 1. The summed E-state index contributed by atoms with van der Waals surface area (Å²) in [6, 6.07) is 11.0. The van der Waals surface area contributed by atoms with Gasteiger partial charge >= 0.3 is 0 Å². The highest BCUT2D eigenvalue weighted by atomic mass is 35.5. The van der Waals surface area contributed by atoms with Crippen LogP contribution in [0.2, 0.25) is 5.02 Å². The van der Waals surface area contributed by atoms with Crippen LogP contribution in [0.3, 0.4) is 0 Å². The van der Waals surface area contributed by atoms with Gasteiger partial charge in [-0.1, -0.05) is 28.9 Å². The second-order valence-corrected chi connectivity index (χ2v) is 9.14. The number of anilines is 1. The van der Waals surface area contributed by atoms with Crippen LogP contribution >= 0.6 is 11.6 Å². The number of benzene rings is 2. The van der Waals surface area contributed by atoms with Crippen molar-refractivity contribution in [2.45, 2.75) is 11.8 Å². The van der Waals surface area contributed by atoms with Crippen LogP contribution in [0.5, 0.6) is 0 Å². The molecule has 0 saturated carbocycles. The average molecular weight is 463 g/mol. The number of aryl methyl sites for hydroxylation is 1. The summed E-state index contributed by atoms with van der Waals surface area (Å²) >= 11 is 6.22. The first-order valence-corrected chi connectivity index (χ1v) is 11.3. The monoisotopic (exact) mass is 462 g/mol. The Labute approximate surface area is 184 Å². The summed E-state index contributed by atoms with van der Waals surface area (Å²) in [5.41, 5.74) is 1.03. The summed E-state index contributed by atoms with van der Waals surface area (Å²) in [5, 5.41) is 6.77. The van der Waals surface area contributed by atoms with E-state index >= 15 is 0 Å². The van der Waals surface area contributed by atoms with E-state index in [4.69, 9.17) is 20.9 Å². The number of ether oxygens (including phenoxy) is 1. The van der Waals surface area contributed by atoms with Gasteiger partial charge in [0.2, 0.25) is 21.7 Å². The fourth-order valence-electron chi connectivity index (χ4n) is 3.16. The zero-order chi connectivity index (χ0) is 22.0. The lowest BCUT2D eigenvalue weighted by molar-refractivity contribution is 0.0730. The van der Waals surface area contributed by atoms with Crippen LogP contribution in [0.15, 0.2) is 51.9 Å². The number of halogens is 1. The van der Waals surface area contributed by atoms with Crippen molar-refractivity contribution in [3.8, 4) is 11.4 Å². The molecule has 4 rings (SSSR count). The Kier molecular flexibility index (Phi) is 6.05. The highest BCUT2D eigenvalue weighted by Gasteiger charge is 2.28. The smallest absolute Gasteiger partial charge is 0.257 e. The molecule has 0 unspecified atom stereocenters. The Morgan fingerprint density at radius 1 is 1.16 bits per heavy atom. The van der Waals surface area contributed by atoms with Crippen molar-refractivity contribution in [3.63, 3.8) is 0 Å². The first-order chi connectivity index (χ1) is 14.9. The molecule has 1 saturated heterocycles. The molecule has 0 bridgehead atoms. The van der Waals surface area contributed by atoms with E-state index < -0.39 is 15.9 Å². The molecule has 11 heteroatoms. The molecule has 3 aromatic rings. The molecule has 1 fully saturated rings. The normalized spacial score (nSPS) is 15.0. The van der Waals surface area contributed by atoms with Gasteiger partial charge in [0.05, 0.1) is 34.4 Å². The fourth-order valence-corrected chi connectivity index (χ4v) is 4.80. The van der Waals surface area contributed by atoms with Crippen molar-refractivity contribution in [1.29, 1.82) is 0 Å². The number of aromatic nitrogens is 2. The van der Waals surface area contributed by atoms with Crippen LogP contribution in [-0.2, 0) is 14.8 Å². The summed E-state index contributed by atoms with van der Waals surface area (Å²) in [4.78, 5) is 17.2. The molecule has 0 atom stereocenters. The SMILES string of the molecule is Cc1nc(-c2ccccc2NC(=O)c2cc(S(=O)(=O)N3CCOCC3)ccc2Cl)no1. The quantitative estimate of drug-likeness (QED) is 0.619. The van der Waals surface area contributed by atoms with E-state index in [0.29, 0.717) is 36.2 Å². The van der Waals surface area contributed by atoms with Crippen LogP contribution in [0, 0.1) is 6.92 Å². The largest absolute Gasteiger partial charge is 0.379 e. The van der Waals surface area contributed by atoms with Crippen LogP contribution in [0.1, 0.15) is 16.2 Å². The van der Waals surface area contributed by atoms with Crippen molar-refractivity contribution in [2.75, 3.05) is 31.6 Å². The van der Waals surface area contributed by atoms with E-state index in [1.54, 1.807) is 31.2 Å². The Bertz CT molecular complexity index is 1220. The standard InChI is InChI=1S/C20H19ClN4O5S/c1-13-22-19(24-30-13)15-4-2-3-5-18(15)23-20(26)16-12-14(6-7-17(16)21)31(27,28)25-8-10-29-11-9-25/h2-7,12H,8-11H2,1H3,(H,23,26). The number of morpholine rings is 1. The summed E-state index contributed by atoms with van der Waals surface area (Å²) < 4.78 is 37.4. The topological polar surface area (TPSA) is 115 Å². The van der Waals surface area contributed by atoms with Gasteiger partial charge in [0.1, 0.15) is 0 Å². The van der Waals surface area contributed by atoms with Gasteiger partial charge in [-0.15, -0.1) is 0 Å². The molecule has 9 nitrogen and oxygen atoms in total. The summed E-state index contributed by atoms with van der Waals surface area (Å²) in [7, 11) is -3.77. The van der Waals surface area contributed by atoms with Crippen molar-refractivity contribution < 1.29 is 22.5 Å². The molecular formula is C20H19ClN4O5S. The average Bonchev–Trinajstić information content (AvgIpc) is 3.21. The molecule has 0 spiro atoms. The summed E-state index contributed by atoms with van der Waals surface area (Å²) in [6.07, 6.45) is 0. The van der Waals surface area contributed by atoms with Crippen molar-refractivity contribution in [2.24, 2.45) is 0 Å². The molecular weight excluding hydrogens is 444 g/mol. The highest BCUT2D eigenvalue weighted by molar-refractivity contribution is 7.89. The first kappa shape index (κ1) is 21.4. The number of nitrogens with one attached hydrogen (secondary N) is 1. The van der Waals surface area contributed by atoms with Gasteiger partial charge in [0.25, 0.3) is 5.91 Å². The second kappa shape index (κ2) is 8.75. The van der Waals surface area contributed by atoms with E-state index in [0.717, 1.165) is 0 Å². The molecule has 1 aliphatic rings. The molecule has 0 aliphatic carbocycles. The number of amides is 1. The number of rotatable bonds is 5. The first-order valence-electron chi connectivity index (χ1n) is 9.45. The molecule has 1 amide bonds.